The lowest BCUT2D eigenvalue weighted by atomic mass is 9.90. The van der Waals surface area contributed by atoms with Crippen molar-refractivity contribution >= 4 is 15.9 Å². The molecule has 128 valence electrons. The van der Waals surface area contributed by atoms with Crippen molar-refractivity contribution in [2.24, 2.45) is 0 Å². The van der Waals surface area contributed by atoms with Crippen LogP contribution in [0.15, 0.2) is 40.3 Å². The molecular weight excluding hydrogens is 373 g/mol. The third kappa shape index (κ3) is 2.87. The number of aryl methyl sites for hydroxylation is 1. The molecule has 1 saturated heterocycles. The van der Waals surface area contributed by atoms with E-state index in [2.05, 4.69) is 31.5 Å². The first-order valence-electron chi connectivity index (χ1n) is 8.42. The van der Waals surface area contributed by atoms with Crippen LogP contribution in [-0.4, -0.2) is 42.2 Å². The van der Waals surface area contributed by atoms with E-state index in [-0.39, 0.29) is 23.7 Å². The second-order valence-electron chi connectivity index (χ2n) is 6.62. The van der Waals surface area contributed by atoms with Crippen LogP contribution in [-0.2, 0) is 6.42 Å². The summed E-state index contributed by atoms with van der Waals surface area (Å²) < 4.78 is 14.7. The van der Waals surface area contributed by atoms with Crippen LogP contribution in [0, 0.1) is 0 Å². The molecule has 2 heterocycles. The summed E-state index contributed by atoms with van der Waals surface area (Å²) in [5, 5.41) is 16.7. The number of nitrogens with zero attached hydrogens (tertiary/aromatic N) is 1. The van der Waals surface area contributed by atoms with E-state index >= 15 is 0 Å². The molecule has 0 spiro atoms. The first-order chi connectivity index (χ1) is 11.6. The number of rotatable bonds is 1. The highest BCUT2D eigenvalue weighted by Crippen LogP contribution is 2.42. The standard InChI is InChI=1S/C18H21BrFN3O/c19-15-9-14(24)8-11-1-2-12-7-13(20)10-22-17(12)18(16(11)15)23-5-3-21-4-6-23/h7-10,17-18,21-22,24H,1-6H2. The van der Waals surface area contributed by atoms with Crippen LogP contribution in [0.25, 0.3) is 0 Å². The van der Waals surface area contributed by atoms with E-state index in [0.717, 1.165) is 54.6 Å². The predicted molar refractivity (Wildman–Crippen MR) is 95.5 cm³/mol. The quantitative estimate of drug-likeness (QED) is 0.686. The van der Waals surface area contributed by atoms with Gasteiger partial charge in [-0.15, -0.1) is 0 Å². The molecule has 1 aromatic rings. The number of aromatic hydroxyl groups is 1. The fourth-order valence-electron chi connectivity index (χ4n) is 4.10. The largest absolute Gasteiger partial charge is 0.508 e. The summed E-state index contributed by atoms with van der Waals surface area (Å²) in [6.07, 6.45) is 4.76. The molecule has 0 aromatic heterocycles. The lowest BCUT2D eigenvalue weighted by Gasteiger charge is -2.41. The number of benzene rings is 1. The fraction of sp³-hybridized carbons (Fsp3) is 0.444. The molecule has 2 aliphatic heterocycles. The summed E-state index contributed by atoms with van der Waals surface area (Å²) in [5.74, 6) is 0.0592. The van der Waals surface area contributed by atoms with Crippen molar-refractivity contribution in [2.45, 2.75) is 24.9 Å². The van der Waals surface area contributed by atoms with E-state index in [4.69, 9.17) is 0 Å². The van der Waals surface area contributed by atoms with Gasteiger partial charge in [0.15, 0.2) is 0 Å². The van der Waals surface area contributed by atoms with Crippen molar-refractivity contribution in [3.05, 3.63) is 51.4 Å². The molecule has 0 amide bonds. The van der Waals surface area contributed by atoms with Crippen LogP contribution in [0.5, 0.6) is 5.75 Å². The molecule has 0 radical (unpaired) electrons. The minimum Gasteiger partial charge on any atom is -0.508 e. The molecular formula is C18H21BrFN3O. The van der Waals surface area contributed by atoms with Gasteiger partial charge in [0.05, 0.1) is 12.1 Å². The minimum atomic E-state index is -0.215. The Balaban J connectivity index is 1.83. The van der Waals surface area contributed by atoms with Gasteiger partial charge in [-0.2, -0.15) is 0 Å². The van der Waals surface area contributed by atoms with Gasteiger partial charge in [-0.3, -0.25) is 4.90 Å². The van der Waals surface area contributed by atoms with Crippen LogP contribution in [0.1, 0.15) is 23.6 Å². The highest BCUT2D eigenvalue weighted by molar-refractivity contribution is 9.10. The maximum absolute atomic E-state index is 13.8. The maximum atomic E-state index is 13.8. The van der Waals surface area contributed by atoms with Crippen LogP contribution in [0.4, 0.5) is 4.39 Å². The number of halogens is 2. The van der Waals surface area contributed by atoms with E-state index < -0.39 is 0 Å². The number of hydrogen-bond acceptors (Lipinski definition) is 4. The highest BCUT2D eigenvalue weighted by Gasteiger charge is 2.37. The van der Waals surface area contributed by atoms with Gasteiger partial charge in [-0.05, 0) is 47.8 Å². The molecule has 2 unspecified atom stereocenters. The number of hydrogen-bond donors (Lipinski definition) is 3. The molecule has 6 heteroatoms. The SMILES string of the molecule is Oc1cc(Br)c2c(c1)CCC1=CC(F)=CNC1C2N1CCNCC1. The van der Waals surface area contributed by atoms with Gasteiger partial charge in [0.2, 0.25) is 0 Å². The van der Waals surface area contributed by atoms with E-state index in [1.54, 1.807) is 12.1 Å². The zero-order valence-corrected chi connectivity index (χ0v) is 14.9. The third-order valence-electron chi connectivity index (χ3n) is 5.16. The average Bonchev–Trinajstić information content (AvgIpc) is 2.72. The highest BCUT2D eigenvalue weighted by atomic mass is 79.9. The number of phenols is 1. The van der Waals surface area contributed by atoms with Crippen molar-refractivity contribution in [3.63, 3.8) is 0 Å². The minimum absolute atomic E-state index is 0.0599. The van der Waals surface area contributed by atoms with Crippen LogP contribution in [0.3, 0.4) is 0 Å². The Morgan fingerprint density at radius 1 is 1.21 bits per heavy atom. The Labute approximate surface area is 149 Å². The van der Waals surface area contributed by atoms with Gasteiger partial charge in [-0.1, -0.05) is 15.9 Å². The fourth-order valence-corrected chi connectivity index (χ4v) is 4.83. The van der Waals surface area contributed by atoms with Crippen molar-refractivity contribution in [1.82, 2.24) is 15.5 Å². The van der Waals surface area contributed by atoms with Crippen molar-refractivity contribution < 1.29 is 9.50 Å². The number of allylic oxidation sites excluding steroid dienone is 2. The molecule has 0 saturated carbocycles. The number of dihydropyridines is 1. The summed E-state index contributed by atoms with van der Waals surface area (Å²) in [6, 6.07) is 3.80. The maximum Gasteiger partial charge on any atom is 0.138 e. The van der Waals surface area contributed by atoms with Gasteiger partial charge in [0, 0.05) is 36.9 Å². The van der Waals surface area contributed by atoms with Gasteiger partial charge in [0.1, 0.15) is 11.6 Å². The number of fused-ring (bicyclic) bond motifs is 2. The number of piperazine rings is 1. The lowest BCUT2D eigenvalue weighted by molar-refractivity contribution is 0.151. The van der Waals surface area contributed by atoms with Crippen LogP contribution < -0.4 is 10.6 Å². The Kier molecular flexibility index (Phi) is 4.37. The monoisotopic (exact) mass is 393 g/mol. The van der Waals surface area contributed by atoms with Crippen LogP contribution in [0.2, 0.25) is 0 Å². The summed E-state index contributed by atoms with van der Waals surface area (Å²) in [6.45, 7) is 3.82. The molecule has 1 aliphatic carbocycles. The molecule has 0 bridgehead atoms. The Morgan fingerprint density at radius 2 is 2.00 bits per heavy atom. The molecule has 3 aliphatic rings. The second kappa shape index (κ2) is 6.50. The van der Waals surface area contributed by atoms with Gasteiger partial charge >= 0.3 is 0 Å². The first kappa shape index (κ1) is 16.1. The molecule has 24 heavy (non-hydrogen) atoms. The Hall–Kier alpha value is -1.37. The summed E-state index contributed by atoms with van der Waals surface area (Å²) >= 11 is 3.66. The molecule has 3 N–H and O–H groups in total. The lowest BCUT2D eigenvalue weighted by Crippen LogP contribution is -2.51. The molecule has 1 aromatic carbocycles. The molecule has 4 rings (SSSR count). The van der Waals surface area contributed by atoms with Gasteiger partial charge in [-0.25, -0.2) is 4.39 Å². The normalized spacial score (nSPS) is 27.2. The van der Waals surface area contributed by atoms with E-state index in [1.165, 1.54) is 11.8 Å². The van der Waals surface area contributed by atoms with E-state index in [0.29, 0.717) is 0 Å². The van der Waals surface area contributed by atoms with E-state index in [9.17, 15) is 9.50 Å². The average molecular weight is 394 g/mol. The second-order valence-corrected chi connectivity index (χ2v) is 7.48. The predicted octanol–water partition coefficient (Wildman–Crippen LogP) is 2.76. The van der Waals surface area contributed by atoms with E-state index in [1.807, 2.05) is 6.07 Å². The summed E-state index contributed by atoms with van der Waals surface area (Å²) in [7, 11) is 0. The zero-order valence-electron chi connectivity index (χ0n) is 13.4. The van der Waals surface area contributed by atoms with Crippen molar-refractivity contribution in [2.75, 3.05) is 26.2 Å². The van der Waals surface area contributed by atoms with Gasteiger partial charge in [0.25, 0.3) is 0 Å². The molecule has 1 fully saturated rings. The Morgan fingerprint density at radius 3 is 2.79 bits per heavy atom. The summed E-state index contributed by atoms with van der Waals surface area (Å²) in [5.41, 5.74) is 3.45. The number of phenolic OH excluding ortho intramolecular Hbond substituents is 1. The first-order valence-corrected chi connectivity index (χ1v) is 9.21. The van der Waals surface area contributed by atoms with Crippen molar-refractivity contribution in [1.29, 1.82) is 0 Å². The summed E-state index contributed by atoms with van der Waals surface area (Å²) in [4.78, 5) is 2.46. The Bertz CT molecular complexity index is 712. The van der Waals surface area contributed by atoms with Crippen molar-refractivity contribution in [3.8, 4) is 5.75 Å². The smallest absolute Gasteiger partial charge is 0.138 e. The topological polar surface area (TPSA) is 47.5 Å². The van der Waals surface area contributed by atoms with Gasteiger partial charge < -0.3 is 15.7 Å². The number of nitrogens with one attached hydrogen (secondary N) is 2. The molecule has 2 atom stereocenters. The zero-order chi connectivity index (χ0) is 16.7. The third-order valence-corrected chi connectivity index (χ3v) is 5.82. The molecule has 4 nitrogen and oxygen atoms in total. The van der Waals surface area contributed by atoms with Crippen LogP contribution >= 0.6 is 15.9 Å².